The minimum atomic E-state index is -0.601. The number of nitrogens with zero attached hydrogens (tertiary/aromatic N) is 2. The number of nitrogens with one attached hydrogen (secondary N) is 1. The monoisotopic (exact) mass is 373 g/mol. The lowest BCUT2D eigenvalue weighted by Gasteiger charge is -2.20. The van der Waals surface area contributed by atoms with Crippen LogP contribution in [0.15, 0.2) is 42.7 Å². The smallest absolute Gasteiger partial charge is 0.220 e. The van der Waals surface area contributed by atoms with Crippen LogP contribution in [0.5, 0.6) is 0 Å². The average Bonchev–Trinajstić information content (AvgIpc) is 2.87. The Labute approximate surface area is 158 Å². The summed E-state index contributed by atoms with van der Waals surface area (Å²) in [5.74, 6) is -1.27. The summed E-state index contributed by atoms with van der Waals surface area (Å²) in [6.45, 7) is 2.84. The number of rotatable bonds is 6. The van der Waals surface area contributed by atoms with Crippen LogP contribution in [-0.4, -0.2) is 34.9 Å². The Hall–Kier alpha value is -2.34. The van der Waals surface area contributed by atoms with E-state index in [-0.39, 0.29) is 24.8 Å². The normalized spacial score (nSPS) is 18.1. The fraction of sp³-hybridized carbons (Fsp3) is 0.429. The number of aromatic nitrogens is 1. The van der Waals surface area contributed by atoms with E-state index in [1.807, 2.05) is 12.1 Å². The van der Waals surface area contributed by atoms with Crippen LogP contribution in [0.1, 0.15) is 36.8 Å². The molecule has 1 amide bonds. The predicted octanol–water partition coefficient (Wildman–Crippen LogP) is 3.46. The van der Waals surface area contributed by atoms with Crippen LogP contribution in [0.4, 0.5) is 8.78 Å². The molecule has 1 unspecified atom stereocenters. The maximum Gasteiger partial charge on any atom is 0.220 e. The van der Waals surface area contributed by atoms with E-state index in [0.717, 1.165) is 45.0 Å². The van der Waals surface area contributed by atoms with Crippen LogP contribution in [0.2, 0.25) is 0 Å². The van der Waals surface area contributed by atoms with Crippen molar-refractivity contribution in [3.8, 4) is 0 Å². The Morgan fingerprint density at radius 1 is 1.15 bits per heavy atom. The van der Waals surface area contributed by atoms with E-state index in [4.69, 9.17) is 0 Å². The molecule has 6 heteroatoms. The van der Waals surface area contributed by atoms with Crippen molar-refractivity contribution >= 4 is 5.91 Å². The van der Waals surface area contributed by atoms with Crippen molar-refractivity contribution in [1.82, 2.24) is 15.2 Å². The molecule has 2 aromatic rings. The van der Waals surface area contributed by atoms with E-state index in [0.29, 0.717) is 5.56 Å². The molecule has 1 aliphatic heterocycles. The van der Waals surface area contributed by atoms with Crippen molar-refractivity contribution < 1.29 is 13.6 Å². The van der Waals surface area contributed by atoms with E-state index in [1.54, 1.807) is 12.4 Å². The van der Waals surface area contributed by atoms with Gasteiger partial charge in [0, 0.05) is 44.0 Å². The van der Waals surface area contributed by atoms with Crippen LogP contribution in [-0.2, 0) is 17.8 Å². The largest absolute Gasteiger partial charge is 0.353 e. The first-order chi connectivity index (χ1) is 13.1. The number of halogens is 2. The fourth-order valence-electron chi connectivity index (χ4n) is 3.48. The zero-order valence-electron chi connectivity index (χ0n) is 15.3. The molecule has 2 heterocycles. The Bertz CT molecular complexity index is 754. The summed E-state index contributed by atoms with van der Waals surface area (Å²) in [5, 5.41) is 3.07. The number of benzene rings is 1. The van der Waals surface area contributed by atoms with Gasteiger partial charge in [-0.15, -0.1) is 0 Å². The molecule has 1 fully saturated rings. The Balaban J connectivity index is 1.43. The van der Waals surface area contributed by atoms with Crippen LogP contribution in [0, 0.1) is 11.6 Å². The second-order valence-corrected chi connectivity index (χ2v) is 7.06. The van der Waals surface area contributed by atoms with Crippen molar-refractivity contribution in [2.75, 3.05) is 13.1 Å². The molecule has 1 aromatic heterocycles. The van der Waals surface area contributed by atoms with Gasteiger partial charge < -0.3 is 5.32 Å². The molecule has 0 bridgehead atoms. The van der Waals surface area contributed by atoms with Crippen LogP contribution in [0.25, 0.3) is 0 Å². The highest BCUT2D eigenvalue weighted by Crippen LogP contribution is 2.15. The summed E-state index contributed by atoms with van der Waals surface area (Å²) < 4.78 is 26.6. The van der Waals surface area contributed by atoms with Crippen molar-refractivity contribution in [3.63, 3.8) is 0 Å². The van der Waals surface area contributed by atoms with Gasteiger partial charge in [0.2, 0.25) is 5.91 Å². The minimum Gasteiger partial charge on any atom is -0.353 e. The molecule has 0 spiro atoms. The molecule has 0 aliphatic carbocycles. The van der Waals surface area contributed by atoms with Gasteiger partial charge in [-0.2, -0.15) is 0 Å². The van der Waals surface area contributed by atoms with Crippen molar-refractivity contribution in [2.24, 2.45) is 0 Å². The van der Waals surface area contributed by atoms with Gasteiger partial charge in [-0.05, 0) is 61.6 Å². The lowest BCUT2D eigenvalue weighted by Crippen LogP contribution is -2.35. The molecule has 0 saturated carbocycles. The molecular formula is C21H25F2N3O. The first-order valence-electron chi connectivity index (χ1n) is 9.45. The highest BCUT2D eigenvalue weighted by Gasteiger charge is 2.19. The third-order valence-corrected chi connectivity index (χ3v) is 4.98. The van der Waals surface area contributed by atoms with Gasteiger partial charge in [0.25, 0.3) is 0 Å². The summed E-state index contributed by atoms with van der Waals surface area (Å²) in [7, 11) is 0. The Morgan fingerprint density at radius 2 is 1.96 bits per heavy atom. The Kier molecular flexibility index (Phi) is 6.87. The van der Waals surface area contributed by atoms with Gasteiger partial charge in [0.1, 0.15) is 11.6 Å². The van der Waals surface area contributed by atoms with Crippen molar-refractivity contribution in [2.45, 2.75) is 44.7 Å². The van der Waals surface area contributed by atoms with Gasteiger partial charge in [-0.3, -0.25) is 14.7 Å². The van der Waals surface area contributed by atoms with E-state index >= 15 is 0 Å². The quantitative estimate of drug-likeness (QED) is 0.843. The number of carbonyl (C=O) groups is 1. The molecule has 4 nitrogen and oxygen atoms in total. The highest BCUT2D eigenvalue weighted by atomic mass is 19.1. The summed E-state index contributed by atoms with van der Waals surface area (Å²) in [6, 6.07) is 7.69. The first kappa shape index (κ1) is 19.4. The SMILES string of the molecule is O=C(CCc1ccc(F)cc1F)NC1CCCN(Cc2ccncc2)CC1. The van der Waals surface area contributed by atoms with Gasteiger partial charge in [0.05, 0.1) is 0 Å². The third kappa shape index (κ3) is 6.10. The minimum absolute atomic E-state index is 0.0775. The third-order valence-electron chi connectivity index (χ3n) is 4.98. The molecule has 27 heavy (non-hydrogen) atoms. The second kappa shape index (κ2) is 9.55. The van der Waals surface area contributed by atoms with Crippen LogP contribution in [0.3, 0.4) is 0 Å². The van der Waals surface area contributed by atoms with E-state index < -0.39 is 11.6 Å². The molecule has 1 atom stereocenters. The summed E-state index contributed by atoms with van der Waals surface area (Å²) in [5.41, 5.74) is 1.62. The average molecular weight is 373 g/mol. The molecule has 1 N–H and O–H groups in total. The van der Waals surface area contributed by atoms with Crippen molar-refractivity contribution in [1.29, 1.82) is 0 Å². The lowest BCUT2D eigenvalue weighted by atomic mass is 10.1. The maximum atomic E-state index is 13.7. The number of aryl methyl sites for hydroxylation is 1. The summed E-state index contributed by atoms with van der Waals surface area (Å²) in [6.07, 6.45) is 6.98. The number of pyridine rings is 1. The number of carbonyl (C=O) groups excluding carboxylic acids is 1. The fourth-order valence-corrected chi connectivity index (χ4v) is 3.48. The van der Waals surface area contributed by atoms with Crippen LogP contribution < -0.4 is 5.32 Å². The van der Waals surface area contributed by atoms with Gasteiger partial charge in [0.15, 0.2) is 0 Å². The van der Waals surface area contributed by atoms with Gasteiger partial charge >= 0.3 is 0 Å². The number of likely N-dealkylation sites (tertiary alicyclic amines) is 1. The van der Waals surface area contributed by atoms with Gasteiger partial charge in [-0.1, -0.05) is 6.07 Å². The second-order valence-electron chi connectivity index (χ2n) is 7.06. The highest BCUT2D eigenvalue weighted by molar-refractivity contribution is 5.76. The topological polar surface area (TPSA) is 45.2 Å². The summed E-state index contributed by atoms with van der Waals surface area (Å²) in [4.78, 5) is 18.7. The first-order valence-corrected chi connectivity index (χ1v) is 9.45. The van der Waals surface area contributed by atoms with E-state index in [2.05, 4.69) is 15.2 Å². The number of amides is 1. The lowest BCUT2D eigenvalue weighted by molar-refractivity contribution is -0.121. The zero-order valence-corrected chi connectivity index (χ0v) is 15.3. The standard InChI is InChI=1S/C21H25F2N3O/c22-18-5-3-17(20(23)14-18)4-6-21(27)25-19-2-1-12-26(13-9-19)15-16-7-10-24-11-8-16/h3,5,7-8,10-11,14,19H,1-2,4,6,9,12-13,15H2,(H,25,27). The summed E-state index contributed by atoms with van der Waals surface area (Å²) >= 11 is 0. The Morgan fingerprint density at radius 3 is 2.74 bits per heavy atom. The van der Waals surface area contributed by atoms with E-state index in [1.165, 1.54) is 17.7 Å². The molecule has 1 saturated heterocycles. The van der Waals surface area contributed by atoms with Crippen LogP contribution >= 0.6 is 0 Å². The molecule has 1 aliphatic rings. The maximum absolute atomic E-state index is 13.7. The zero-order chi connectivity index (χ0) is 19.1. The molecular weight excluding hydrogens is 348 g/mol. The molecule has 144 valence electrons. The molecule has 1 aromatic carbocycles. The van der Waals surface area contributed by atoms with E-state index in [9.17, 15) is 13.6 Å². The molecule has 3 rings (SSSR count). The number of hydrogen-bond donors (Lipinski definition) is 1. The predicted molar refractivity (Wildman–Crippen MR) is 100.0 cm³/mol. The van der Waals surface area contributed by atoms with Gasteiger partial charge in [-0.25, -0.2) is 8.78 Å². The van der Waals surface area contributed by atoms with Crippen molar-refractivity contribution in [3.05, 3.63) is 65.5 Å². The number of hydrogen-bond acceptors (Lipinski definition) is 3. The molecule has 0 radical (unpaired) electrons.